The van der Waals surface area contributed by atoms with Gasteiger partial charge in [0.25, 0.3) is 0 Å². The third-order valence-corrected chi connectivity index (χ3v) is 7.67. The molecule has 5 nitrogen and oxygen atoms in total. The number of fused-ring (bicyclic) bond motifs is 1. The number of carbonyl (C=O) groups excluding carboxylic acids is 1. The molecule has 4 rings (SSSR count). The number of carbonyl (C=O) groups is 1. The molecule has 1 fully saturated rings. The van der Waals surface area contributed by atoms with Crippen LogP contribution in [0.4, 0.5) is 9.52 Å². The number of benzene rings is 2. The number of aromatic nitrogens is 1. The molecule has 0 saturated carbocycles. The van der Waals surface area contributed by atoms with E-state index in [4.69, 9.17) is 21.3 Å². The number of thiazole rings is 1. The van der Waals surface area contributed by atoms with E-state index in [1.54, 1.807) is 17.0 Å². The van der Waals surface area contributed by atoms with Gasteiger partial charge in [-0.15, -0.1) is 11.8 Å². The maximum Gasteiger partial charge on any atom is 0.239 e. The van der Waals surface area contributed by atoms with E-state index in [0.29, 0.717) is 29.9 Å². The van der Waals surface area contributed by atoms with Crippen molar-refractivity contribution in [2.75, 3.05) is 50.0 Å². The van der Waals surface area contributed by atoms with Crippen LogP contribution >= 0.6 is 34.7 Å². The lowest BCUT2D eigenvalue weighted by Gasteiger charge is -2.29. The summed E-state index contributed by atoms with van der Waals surface area (Å²) in [6.45, 7) is 6.42. The quantitative estimate of drug-likeness (QED) is 0.453. The van der Waals surface area contributed by atoms with Crippen molar-refractivity contribution in [2.45, 2.75) is 11.8 Å². The topological polar surface area (TPSA) is 45.7 Å². The minimum absolute atomic E-state index is 0.0320. The summed E-state index contributed by atoms with van der Waals surface area (Å²) in [5, 5.41) is 1.30. The van der Waals surface area contributed by atoms with Crippen molar-refractivity contribution in [2.24, 2.45) is 0 Å². The van der Waals surface area contributed by atoms with E-state index in [1.807, 2.05) is 19.1 Å². The maximum atomic E-state index is 13.2. The second-order valence-corrected chi connectivity index (χ2v) is 9.71. The van der Waals surface area contributed by atoms with Crippen LogP contribution in [0.5, 0.6) is 0 Å². The molecular formula is C22H23ClFN3O2S2. The van der Waals surface area contributed by atoms with Gasteiger partial charge in [0.1, 0.15) is 5.82 Å². The number of morpholine rings is 1. The highest BCUT2D eigenvalue weighted by atomic mass is 35.5. The molecule has 0 N–H and O–H groups in total. The number of nitrogens with zero attached hydrogens (tertiary/aromatic N) is 3. The Kier molecular flexibility index (Phi) is 7.45. The van der Waals surface area contributed by atoms with Crippen molar-refractivity contribution >= 4 is 56.0 Å². The van der Waals surface area contributed by atoms with Crippen molar-refractivity contribution in [1.82, 2.24) is 9.88 Å². The zero-order chi connectivity index (χ0) is 21.8. The number of anilines is 1. The van der Waals surface area contributed by atoms with Crippen LogP contribution in [0.2, 0.25) is 5.02 Å². The fraction of sp³-hybridized carbons (Fsp3) is 0.364. The average Bonchev–Trinajstić information content (AvgIpc) is 3.23. The number of halogens is 2. The maximum absolute atomic E-state index is 13.2. The molecule has 1 amide bonds. The first-order valence-electron chi connectivity index (χ1n) is 10.1. The summed E-state index contributed by atoms with van der Waals surface area (Å²) in [4.78, 5) is 22.9. The first-order valence-corrected chi connectivity index (χ1v) is 12.2. The molecule has 0 atom stereocenters. The SMILES string of the molecule is Cc1ccc(Cl)c2sc(N(CCN3CCOCC3)C(=O)CSc3ccc(F)cc3)nc12. The average molecular weight is 480 g/mol. The normalized spacial score (nSPS) is 14.8. The summed E-state index contributed by atoms with van der Waals surface area (Å²) in [6.07, 6.45) is 0. The van der Waals surface area contributed by atoms with E-state index in [-0.39, 0.29) is 17.5 Å². The largest absolute Gasteiger partial charge is 0.379 e. The Morgan fingerprint density at radius 3 is 2.71 bits per heavy atom. The number of thioether (sulfide) groups is 1. The fourth-order valence-corrected chi connectivity index (χ4v) is 5.49. The smallest absolute Gasteiger partial charge is 0.239 e. The first kappa shape index (κ1) is 22.5. The van der Waals surface area contributed by atoms with Gasteiger partial charge < -0.3 is 4.74 Å². The zero-order valence-electron chi connectivity index (χ0n) is 17.1. The molecule has 0 spiro atoms. The Balaban J connectivity index is 1.54. The van der Waals surface area contributed by atoms with Gasteiger partial charge in [0.2, 0.25) is 5.91 Å². The standard InChI is InChI=1S/C22H23ClFN3O2S2/c1-15-2-7-18(23)21-20(15)25-22(31-21)27(9-8-26-10-12-29-13-11-26)19(28)14-30-17-5-3-16(24)4-6-17/h2-7H,8-14H2,1H3. The third-order valence-electron chi connectivity index (χ3n) is 5.14. The van der Waals surface area contributed by atoms with Gasteiger partial charge in [-0.25, -0.2) is 9.37 Å². The van der Waals surface area contributed by atoms with Gasteiger partial charge in [0.15, 0.2) is 5.13 Å². The highest BCUT2D eigenvalue weighted by Crippen LogP contribution is 2.36. The summed E-state index contributed by atoms with van der Waals surface area (Å²) < 4.78 is 19.5. The number of ether oxygens (including phenoxy) is 1. The highest BCUT2D eigenvalue weighted by Gasteiger charge is 2.23. The molecule has 0 bridgehead atoms. The minimum atomic E-state index is -0.287. The van der Waals surface area contributed by atoms with Gasteiger partial charge in [-0.05, 0) is 42.8 Å². The van der Waals surface area contributed by atoms with Gasteiger partial charge >= 0.3 is 0 Å². The summed E-state index contributed by atoms with van der Waals surface area (Å²) in [6, 6.07) is 9.99. The molecule has 0 radical (unpaired) electrons. The molecule has 1 saturated heterocycles. The lowest BCUT2D eigenvalue weighted by atomic mass is 10.2. The first-order chi connectivity index (χ1) is 15.0. The predicted molar refractivity (Wildman–Crippen MR) is 126 cm³/mol. The monoisotopic (exact) mass is 479 g/mol. The van der Waals surface area contributed by atoms with E-state index >= 15 is 0 Å². The van der Waals surface area contributed by atoms with Crippen molar-refractivity contribution in [3.05, 3.63) is 52.8 Å². The molecule has 1 aliphatic rings. The Labute approximate surface area is 194 Å². The van der Waals surface area contributed by atoms with E-state index in [1.165, 1.54) is 35.2 Å². The molecule has 9 heteroatoms. The number of hydrogen-bond donors (Lipinski definition) is 0. The fourth-order valence-electron chi connectivity index (χ4n) is 3.35. The van der Waals surface area contributed by atoms with Crippen LogP contribution in [0.25, 0.3) is 10.2 Å². The van der Waals surface area contributed by atoms with Crippen LogP contribution in [-0.4, -0.2) is 60.9 Å². The Morgan fingerprint density at radius 2 is 2.00 bits per heavy atom. The molecule has 3 aromatic rings. The summed E-state index contributed by atoms with van der Waals surface area (Å²) in [7, 11) is 0. The molecule has 1 aromatic heterocycles. The molecule has 0 aliphatic carbocycles. The van der Waals surface area contributed by atoms with Crippen LogP contribution in [0.15, 0.2) is 41.3 Å². The second kappa shape index (κ2) is 10.3. The molecule has 31 heavy (non-hydrogen) atoms. The number of aryl methyl sites for hydroxylation is 1. The predicted octanol–water partition coefficient (Wildman–Crippen LogP) is 4.85. The van der Waals surface area contributed by atoms with Gasteiger partial charge in [-0.2, -0.15) is 0 Å². The summed E-state index contributed by atoms with van der Waals surface area (Å²) >= 11 is 9.23. The Hall–Kier alpha value is -1.71. The van der Waals surface area contributed by atoms with Crippen molar-refractivity contribution in [3.63, 3.8) is 0 Å². The van der Waals surface area contributed by atoms with Gasteiger partial charge in [0, 0.05) is 31.1 Å². The van der Waals surface area contributed by atoms with Crippen molar-refractivity contribution in [1.29, 1.82) is 0 Å². The van der Waals surface area contributed by atoms with Crippen LogP contribution < -0.4 is 4.90 Å². The minimum Gasteiger partial charge on any atom is -0.379 e. The highest BCUT2D eigenvalue weighted by molar-refractivity contribution is 8.00. The lowest BCUT2D eigenvalue weighted by molar-refractivity contribution is -0.116. The van der Waals surface area contributed by atoms with Crippen LogP contribution in [0.1, 0.15) is 5.56 Å². The lowest BCUT2D eigenvalue weighted by Crippen LogP contribution is -2.43. The number of amides is 1. The van der Waals surface area contributed by atoms with E-state index < -0.39 is 0 Å². The van der Waals surface area contributed by atoms with Crippen LogP contribution in [0, 0.1) is 12.7 Å². The Morgan fingerprint density at radius 1 is 1.26 bits per heavy atom. The molecule has 1 aliphatic heterocycles. The van der Waals surface area contributed by atoms with E-state index in [0.717, 1.165) is 40.3 Å². The van der Waals surface area contributed by atoms with Gasteiger partial charge in [-0.1, -0.05) is 29.0 Å². The third kappa shape index (κ3) is 5.56. The zero-order valence-corrected chi connectivity index (χ0v) is 19.5. The van der Waals surface area contributed by atoms with E-state index in [9.17, 15) is 9.18 Å². The molecule has 164 valence electrons. The van der Waals surface area contributed by atoms with Crippen LogP contribution in [0.3, 0.4) is 0 Å². The Bertz CT molecular complexity index is 1020. The van der Waals surface area contributed by atoms with Crippen molar-refractivity contribution < 1.29 is 13.9 Å². The second-order valence-electron chi connectivity index (χ2n) is 7.28. The summed E-state index contributed by atoms with van der Waals surface area (Å²) in [5.41, 5.74) is 1.87. The molecule has 0 unspecified atom stereocenters. The van der Waals surface area contributed by atoms with Crippen LogP contribution in [-0.2, 0) is 9.53 Å². The van der Waals surface area contributed by atoms with Crippen molar-refractivity contribution in [3.8, 4) is 0 Å². The number of hydrogen-bond acceptors (Lipinski definition) is 6. The molecular weight excluding hydrogens is 457 g/mol. The van der Waals surface area contributed by atoms with E-state index in [2.05, 4.69) is 4.90 Å². The summed E-state index contributed by atoms with van der Waals surface area (Å²) in [5.74, 6) is -0.0721. The molecule has 2 heterocycles. The molecule has 2 aromatic carbocycles. The van der Waals surface area contributed by atoms with Gasteiger partial charge in [0.05, 0.1) is 34.2 Å². The van der Waals surface area contributed by atoms with Gasteiger partial charge in [-0.3, -0.25) is 14.6 Å². The number of rotatable bonds is 7.